The Morgan fingerprint density at radius 2 is 1.94 bits per heavy atom. The SMILES string of the molecule is CNC(=O)c1c(-c2ccc(F)cc2)oc2cc(N(Cc3ccc(O)c(Cl)c3)S(=O)[O-])c(C3CC3)cc12. The Labute approximate surface area is 213 Å². The van der Waals surface area contributed by atoms with E-state index in [1.54, 1.807) is 12.1 Å². The van der Waals surface area contributed by atoms with Crippen molar-refractivity contribution >= 4 is 45.4 Å². The van der Waals surface area contributed by atoms with E-state index in [1.807, 2.05) is 6.07 Å². The Balaban J connectivity index is 1.68. The van der Waals surface area contributed by atoms with Crippen LogP contribution in [0, 0.1) is 5.82 Å². The van der Waals surface area contributed by atoms with E-state index in [1.165, 1.54) is 47.8 Å². The number of phenols is 1. The third-order valence-electron chi connectivity index (χ3n) is 6.20. The van der Waals surface area contributed by atoms with Gasteiger partial charge in [-0.1, -0.05) is 17.7 Å². The molecule has 1 aromatic heterocycles. The predicted octanol–water partition coefficient (Wildman–Crippen LogP) is 5.64. The van der Waals surface area contributed by atoms with Gasteiger partial charge in [0, 0.05) is 35.3 Å². The van der Waals surface area contributed by atoms with Gasteiger partial charge in [-0.05, 0) is 72.4 Å². The summed E-state index contributed by atoms with van der Waals surface area (Å²) in [5, 5.41) is 13.0. The summed E-state index contributed by atoms with van der Waals surface area (Å²) in [5.41, 5.74) is 2.95. The van der Waals surface area contributed by atoms with Crippen LogP contribution in [-0.2, 0) is 17.8 Å². The number of halogens is 2. The van der Waals surface area contributed by atoms with Crippen LogP contribution in [0.1, 0.15) is 40.2 Å². The van der Waals surface area contributed by atoms with E-state index in [0.717, 1.165) is 18.4 Å². The lowest BCUT2D eigenvalue weighted by atomic mass is 10.00. The molecule has 7 nitrogen and oxygen atoms in total. The van der Waals surface area contributed by atoms with Crippen molar-refractivity contribution in [3.63, 3.8) is 0 Å². The summed E-state index contributed by atoms with van der Waals surface area (Å²) >= 11 is 3.38. The number of benzene rings is 3. The molecule has 1 saturated carbocycles. The zero-order valence-corrected chi connectivity index (χ0v) is 20.7. The van der Waals surface area contributed by atoms with E-state index in [4.69, 9.17) is 16.0 Å². The number of phenolic OH excluding ortho intramolecular Hbond substituents is 1. The van der Waals surface area contributed by atoms with E-state index in [9.17, 15) is 23.1 Å². The van der Waals surface area contributed by atoms with Gasteiger partial charge in [0.1, 0.15) is 22.9 Å². The second-order valence-electron chi connectivity index (χ2n) is 8.61. The van der Waals surface area contributed by atoms with Gasteiger partial charge in [0.05, 0.1) is 22.8 Å². The summed E-state index contributed by atoms with van der Waals surface area (Å²) in [7, 11) is 1.51. The molecule has 5 rings (SSSR count). The van der Waals surface area contributed by atoms with Crippen molar-refractivity contribution < 1.29 is 27.5 Å². The number of carbonyl (C=O) groups excluding carboxylic acids is 1. The lowest BCUT2D eigenvalue weighted by Crippen LogP contribution is -2.26. The molecule has 0 saturated heterocycles. The molecular weight excluding hydrogens is 507 g/mol. The monoisotopic (exact) mass is 527 g/mol. The van der Waals surface area contributed by atoms with Gasteiger partial charge in [-0.2, -0.15) is 0 Å². The van der Waals surface area contributed by atoms with Gasteiger partial charge in [0.15, 0.2) is 0 Å². The number of hydrogen-bond donors (Lipinski definition) is 2. The third-order valence-corrected chi connectivity index (χ3v) is 7.19. The molecule has 1 unspecified atom stereocenters. The summed E-state index contributed by atoms with van der Waals surface area (Å²) < 4.78 is 45.6. The Hall–Kier alpha value is -3.40. The molecule has 1 heterocycles. The van der Waals surface area contributed by atoms with Crippen molar-refractivity contribution in [1.82, 2.24) is 5.32 Å². The Bertz CT molecular complexity index is 1500. The summed E-state index contributed by atoms with van der Waals surface area (Å²) in [6.07, 6.45) is 1.78. The Morgan fingerprint density at radius 3 is 2.56 bits per heavy atom. The van der Waals surface area contributed by atoms with Gasteiger partial charge in [-0.3, -0.25) is 13.3 Å². The number of fused-ring (bicyclic) bond motifs is 1. The molecule has 186 valence electrons. The second-order valence-corrected chi connectivity index (χ2v) is 9.90. The zero-order valence-electron chi connectivity index (χ0n) is 19.1. The summed E-state index contributed by atoms with van der Waals surface area (Å²) in [6, 6.07) is 13.6. The summed E-state index contributed by atoms with van der Waals surface area (Å²) in [5.74, 6) is -0.479. The predicted molar refractivity (Wildman–Crippen MR) is 135 cm³/mol. The molecule has 0 spiro atoms. The fraction of sp³-hybridized carbons (Fsp3) is 0.192. The van der Waals surface area contributed by atoms with Crippen LogP contribution in [0.5, 0.6) is 5.75 Å². The van der Waals surface area contributed by atoms with Crippen LogP contribution in [0.4, 0.5) is 10.1 Å². The molecule has 3 aromatic carbocycles. The van der Waals surface area contributed by atoms with Crippen LogP contribution in [0.3, 0.4) is 0 Å². The number of rotatable bonds is 7. The average molecular weight is 528 g/mol. The standard InChI is InChI=1S/C26H22ClFN2O5S/c1-29-26(32)24-19-11-18(15-3-4-15)21(12-23(19)35-25(24)16-5-7-17(28)8-6-16)30(36(33)34)13-14-2-9-22(31)20(27)10-14/h2,5-12,15,31H,3-4,13H2,1H3,(H,29,32)(H,33,34)/p-1. The molecule has 36 heavy (non-hydrogen) atoms. The summed E-state index contributed by atoms with van der Waals surface area (Å²) in [6.45, 7) is -0.0187. The molecular formula is C26H21ClFN2O5S-. The molecule has 1 aliphatic carbocycles. The Kier molecular flexibility index (Phi) is 6.46. The molecule has 1 fully saturated rings. The van der Waals surface area contributed by atoms with Gasteiger partial charge in [-0.25, -0.2) is 4.39 Å². The highest BCUT2D eigenvalue weighted by Crippen LogP contribution is 2.48. The van der Waals surface area contributed by atoms with Crippen molar-refractivity contribution in [1.29, 1.82) is 0 Å². The van der Waals surface area contributed by atoms with Crippen LogP contribution in [0.15, 0.2) is 59.0 Å². The molecule has 0 aliphatic heterocycles. The molecule has 10 heteroatoms. The van der Waals surface area contributed by atoms with E-state index in [-0.39, 0.29) is 34.9 Å². The largest absolute Gasteiger partial charge is 0.755 e. The molecule has 1 amide bonds. The molecule has 4 aromatic rings. The minimum Gasteiger partial charge on any atom is -0.755 e. The van der Waals surface area contributed by atoms with Crippen molar-refractivity contribution in [2.24, 2.45) is 0 Å². The smallest absolute Gasteiger partial charge is 0.255 e. The zero-order chi connectivity index (χ0) is 25.6. The van der Waals surface area contributed by atoms with Gasteiger partial charge < -0.3 is 19.4 Å². The van der Waals surface area contributed by atoms with Gasteiger partial charge in [0.2, 0.25) is 0 Å². The average Bonchev–Trinajstić information content (AvgIpc) is 3.64. The third kappa shape index (κ3) is 4.57. The second kappa shape index (κ2) is 9.57. The van der Waals surface area contributed by atoms with E-state index >= 15 is 0 Å². The number of nitrogens with one attached hydrogen (secondary N) is 1. The van der Waals surface area contributed by atoms with Gasteiger partial charge >= 0.3 is 0 Å². The van der Waals surface area contributed by atoms with Crippen LogP contribution in [0.25, 0.3) is 22.3 Å². The lowest BCUT2D eigenvalue weighted by Gasteiger charge is -2.29. The van der Waals surface area contributed by atoms with Crippen LogP contribution < -0.4 is 9.62 Å². The first-order valence-electron chi connectivity index (χ1n) is 11.2. The minimum absolute atomic E-state index is 0.0187. The Morgan fingerprint density at radius 1 is 1.22 bits per heavy atom. The van der Waals surface area contributed by atoms with Crippen molar-refractivity contribution in [2.45, 2.75) is 25.3 Å². The van der Waals surface area contributed by atoms with Crippen molar-refractivity contribution in [3.8, 4) is 17.1 Å². The number of anilines is 1. The molecule has 0 radical (unpaired) electrons. The maximum absolute atomic E-state index is 13.5. The number of furan rings is 1. The van der Waals surface area contributed by atoms with E-state index in [2.05, 4.69) is 5.32 Å². The number of nitrogens with zero attached hydrogens (tertiary/aromatic N) is 1. The highest BCUT2D eigenvalue weighted by Gasteiger charge is 2.31. The maximum Gasteiger partial charge on any atom is 0.255 e. The molecule has 2 N–H and O–H groups in total. The topological polar surface area (TPSA) is 106 Å². The highest BCUT2D eigenvalue weighted by atomic mass is 35.5. The molecule has 1 atom stereocenters. The molecule has 1 aliphatic rings. The van der Waals surface area contributed by atoms with E-state index < -0.39 is 17.1 Å². The van der Waals surface area contributed by atoms with Crippen molar-refractivity contribution in [3.05, 3.63) is 82.1 Å². The van der Waals surface area contributed by atoms with Gasteiger partial charge in [0.25, 0.3) is 5.91 Å². The fourth-order valence-electron chi connectivity index (χ4n) is 4.27. The summed E-state index contributed by atoms with van der Waals surface area (Å²) in [4.78, 5) is 12.9. The molecule has 0 bridgehead atoms. The number of aromatic hydroxyl groups is 1. The van der Waals surface area contributed by atoms with E-state index in [0.29, 0.717) is 33.3 Å². The number of hydrogen-bond acceptors (Lipinski definition) is 5. The first-order chi connectivity index (χ1) is 17.3. The van der Waals surface area contributed by atoms with Gasteiger partial charge in [-0.15, -0.1) is 0 Å². The lowest BCUT2D eigenvalue weighted by molar-refractivity contribution is 0.0964. The number of carbonyl (C=O) groups is 1. The van der Waals surface area contributed by atoms with Crippen LogP contribution in [-0.4, -0.2) is 26.8 Å². The van der Waals surface area contributed by atoms with Crippen LogP contribution in [0.2, 0.25) is 5.02 Å². The normalized spacial score (nSPS) is 14.1. The number of amides is 1. The minimum atomic E-state index is -2.64. The highest BCUT2D eigenvalue weighted by molar-refractivity contribution is 7.80. The first-order valence-corrected chi connectivity index (χ1v) is 12.6. The van der Waals surface area contributed by atoms with Crippen LogP contribution >= 0.6 is 11.6 Å². The maximum atomic E-state index is 13.5. The fourth-order valence-corrected chi connectivity index (χ4v) is 5.05. The van der Waals surface area contributed by atoms with Crippen molar-refractivity contribution in [2.75, 3.05) is 11.4 Å². The first kappa shape index (κ1) is 24.3. The quantitative estimate of drug-likeness (QED) is 0.303.